The quantitative estimate of drug-likeness (QED) is 0.886. The molecular weight excluding hydrogens is 299 g/mol. The average Bonchev–Trinajstić information content (AvgIpc) is 2.87. The van der Waals surface area contributed by atoms with E-state index in [4.69, 9.17) is 0 Å². The van der Waals surface area contributed by atoms with Gasteiger partial charge in [-0.25, -0.2) is 4.98 Å². The molecule has 2 aromatic heterocycles. The number of carbonyl (C=O) groups is 1. The summed E-state index contributed by atoms with van der Waals surface area (Å²) in [5, 5.41) is 6.34. The number of imidazole rings is 1. The van der Waals surface area contributed by atoms with Gasteiger partial charge in [-0.1, -0.05) is 0 Å². The number of pyridine rings is 1. The fourth-order valence-electron chi connectivity index (χ4n) is 2.30. The van der Waals surface area contributed by atoms with Gasteiger partial charge >= 0.3 is 0 Å². The fraction of sp³-hybridized carbons (Fsp3) is 0.385. The zero-order chi connectivity index (χ0) is 12.4. The number of fused-ring (bicyclic) bond motifs is 1. The molecule has 0 bridgehead atoms. The predicted molar refractivity (Wildman–Crippen MR) is 83.0 cm³/mol. The van der Waals surface area contributed by atoms with Crippen LogP contribution in [0.5, 0.6) is 0 Å². The van der Waals surface area contributed by atoms with Crippen LogP contribution in [-0.4, -0.2) is 34.4 Å². The van der Waals surface area contributed by atoms with Crippen molar-refractivity contribution in [1.82, 2.24) is 20.0 Å². The minimum Gasteiger partial charge on any atom is -0.348 e. The van der Waals surface area contributed by atoms with E-state index in [-0.39, 0.29) is 36.8 Å². The van der Waals surface area contributed by atoms with Gasteiger partial charge < -0.3 is 15.0 Å². The monoisotopic (exact) mass is 316 g/mol. The van der Waals surface area contributed by atoms with Gasteiger partial charge in [0, 0.05) is 31.2 Å². The Morgan fingerprint density at radius 1 is 1.40 bits per heavy atom. The van der Waals surface area contributed by atoms with Crippen LogP contribution in [0, 0.1) is 0 Å². The molecule has 7 heteroatoms. The smallest absolute Gasteiger partial charge is 0.253 e. The van der Waals surface area contributed by atoms with E-state index in [1.807, 2.05) is 28.9 Å². The number of rotatable bonds is 2. The molecule has 3 rings (SSSR count). The highest BCUT2D eigenvalue weighted by molar-refractivity contribution is 5.94. The van der Waals surface area contributed by atoms with Gasteiger partial charge in [0.2, 0.25) is 0 Å². The molecule has 5 nitrogen and oxygen atoms in total. The second-order valence-electron chi connectivity index (χ2n) is 4.63. The van der Waals surface area contributed by atoms with Crippen LogP contribution in [0.4, 0.5) is 0 Å². The molecule has 0 saturated carbocycles. The minimum absolute atomic E-state index is 0. The number of hydrogen-bond acceptors (Lipinski definition) is 3. The van der Waals surface area contributed by atoms with E-state index in [0.29, 0.717) is 5.56 Å². The van der Waals surface area contributed by atoms with Gasteiger partial charge in [0.25, 0.3) is 5.91 Å². The molecule has 3 heterocycles. The van der Waals surface area contributed by atoms with E-state index in [2.05, 4.69) is 15.6 Å². The Labute approximate surface area is 130 Å². The summed E-state index contributed by atoms with van der Waals surface area (Å²) in [7, 11) is 0. The lowest BCUT2D eigenvalue weighted by Gasteiger charge is -2.23. The van der Waals surface area contributed by atoms with Crippen LogP contribution in [0.1, 0.15) is 23.2 Å². The summed E-state index contributed by atoms with van der Waals surface area (Å²) in [4.78, 5) is 16.3. The third kappa shape index (κ3) is 3.62. The summed E-state index contributed by atoms with van der Waals surface area (Å²) in [5.41, 5.74) is 1.52. The Bertz CT molecular complexity index is 566. The number of amides is 1. The lowest BCUT2D eigenvalue weighted by molar-refractivity contribution is 0.0930. The van der Waals surface area contributed by atoms with E-state index >= 15 is 0 Å². The van der Waals surface area contributed by atoms with Gasteiger partial charge in [-0.05, 0) is 31.5 Å². The van der Waals surface area contributed by atoms with Gasteiger partial charge in [-0.2, -0.15) is 0 Å². The van der Waals surface area contributed by atoms with Crippen LogP contribution in [0.15, 0.2) is 30.7 Å². The maximum absolute atomic E-state index is 12.1. The van der Waals surface area contributed by atoms with Gasteiger partial charge in [-0.3, -0.25) is 4.79 Å². The number of hydrogen-bond donors (Lipinski definition) is 2. The van der Waals surface area contributed by atoms with E-state index in [9.17, 15) is 4.79 Å². The number of aromatic nitrogens is 2. The van der Waals surface area contributed by atoms with Crippen LogP contribution in [0.2, 0.25) is 0 Å². The Balaban J connectivity index is 0.000001000. The normalized spacial score (nSPS) is 17.9. The largest absolute Gasteiger partial charge is 0.348 e. The Morgan fingerprint density at radius 3 is 3.00 bits per heavy atom. The predicted octanol–water partition coefficient (Wildman–Crippen LogP) is 1.66. The summed E-state index contributed by atoms with van der Waals surface area (Å²) in [6, 6.07) is 3.91. The molecule has 2 N–H and O–H groups in total. The lowest BCUT2D eigenvalue weighted by atomic mass is 10.1. The van der Waals surface area contributed by atoms with Gasteiger partial charge in [0.1, 0.15) is 5.65 Å². The summed E-state index contributed by atoms with van der Waals surface area (Å²) < 4.78 is 1.86. The highest BCUT2D eigenvalue weighted by Crippen LogP contribution is 2.07. The summed E-state index contributed by atoms with van der Waals surface area (Å²) in [6.07, 6.45) is 7.54. The van der Waals surface area contributed by atoms with Gasteiger partial charge in [-0.15, -0.1) is 24.8 Å². The second kappa shape index (κ2) is 7.47. The molecular formula is C13H18Cl2N4O. The molecule has 1 aliphatic rings. The Hall–Kier alpha value is -1.30. The third-order valence-corrected chi connectivity index (χ3v) is 3.28. The van der Waals surface area contributed by atoms with E-state index in [0.717, 1.165) is 31.6 Å². The first-order chi connectivity index (χ1) is 8.83. The van der Waals surface area contributed by atoms with E-state index in [1.165, 1.54) is 0 Å². The number of nitrogens with one attached hydrogen (secondary N) is 2. The molecule has 0 aliphatic carbocycles. The summed E-state index contributed by atoms with van der Waals surface area (Å²) in [6.45, 7) is 1.91. The van der Waals surface area contributed by atoms with E-state index in [1.54, 1.807) is 6.20 Å². The van der Waals surface area contributed by atoms with Crippen molar-refractivity contribution in [1.29, 1.82) is 0 Å². The van der Waals surface area contributed by atoms with Crippen molar-refractivity contribution in [3.63, 3.8) is 0 Å². The fourth-order valence-corrected chi connectivity index (χ4v) is 2.30. The topological polar surface area (TPSA) is 58.4 Å². The maximum Gasteiger partial charge on any atom is 0.253 e. The summed E-state index contributed by atoms with van der Waals surface area (Å²) in [5.74, 6) is -0.0145. The van der Waals surface area contributed by atoms with Gasteiger partial charge in [0.05, 0.1) is 5.56 Å². The SMILES string of the molecule is Cl.Cl.O=C(NC1CCCNC1)c1ccc2nccn2c1. The molecule has 1 unspecified atom stereocenters. The number of nitrogens with zero attached hydrogens (tertiary/aromatic N) is 2. The van der Waals surface area contributed by atoms with Crippen LogP contribution in [-0.2, 0) is 0 Å². The maximum atomic E-state index is 12.1. The molecule has 1 atom stereocenters. The number of carbonyl (C=O) groups excluding carboxylic acids is 1. The second-order valence-corrected chi connectivity index (χ2v) is 4.63. The molecule has 1 amide bonds. The van der Waals surface area contributed by atoms with Crippen molar-refractivity contribution in [3.05, 3.63) is 36.3 Å². The van der Waals surface area contributed by atoms with Crippen molar-refractivity contribution >= 4 is 36.4 Å². The zero-order valence-corrected chi connectivity index (χ0v) is 12.5. The molecule has 0 spiro atoms. The third-order valence-electron chi connectivity index (χ3n) is 3.28. The molecule has 1 aliphatic heterocycles. The highest BCUT2D eigenvalue weighted by atomic mass is 35.5. The van der Waals surface area contributed by atoms with Crippen molar-refractivity contribution in [3.8, 4) is 0 Å². The molecule has 20 heavy (non-hydrogen) atoms. The van der Waals surface area contributed by atoms with Gasteiger partial charge in [0.15, 0.2) is 0 Å². The van der Waals surface area contributed by atoms with Crippen LogP contribution >= 0.6 is 24.8 Å². The molecule has 1 fully saturated rings. The van der Waals surface area contributed by atoms with Crippen molar-refractivity contribution in [2.75, 3.05) is 13.1 Å². The molecule has 0 aromatic carbocycles. The van der Waals surface area contributed by atoms with Crippen LogP contribution in [0.3, 0.4) is 0 Å². The average molecular weight is 317 g/mol. The van der Waals surface area contributed by atoms with Crippen molar-refractivity contribution in [2.24, 2.45) is 0 Å². The van der Waals surface area contributed by atoms with E-state index < -0.39 is 0 Å². The van der Waals surface area contributed by atoms with Crippen molar-refractivity contribution in [2.45, 2.75) is 18.9 Å². The standard InChI is InChI=1S/C13H16N4O.2ClH/c18-13(16-11-2-1-5-14-8-11)10-3-4-12-15-6-7-17(12)9-10;;/h3-4,6-7,9,11,14H,1-2,5,8H2,(H,16,18);2*1H. The van der Waals surface area contributed by atoms with Crippen LogP contribution < -0.4 is 10.6 Å². The number of halogens is 2. The first kappa shape index (κ1) is 16.8. The molecule has 2 aromatic rings. The van der Waals surface area contributed by atoms with Crippen molar-refractivity contribution < 1.29 is 4.79 Å². The summed E-state index contributed by atoms with van der Waals surface area (Å²) >= 11 is 0. The highest BCUT2D eigenvalue weighted by Gasteiger charge is 2.16. The lowest BCUT2D eigenvalue weighted by Crippen LogP contribution is -2.45. The Kier molecular flexibility index (Phi) is 6.26. The molecule has 1 saturated heterocycles. The zero-order valence-electron chi connectivity index (χ0n) is 10.9. The molecule has 0 radical (unpaired) electrons. The first-order valence-electron chi connectivity index (χ1n) is 6.27. The molecule has 110 valence electrons. The minimum atomic E-state index is -0.0145. The first-order valence-corrected chi connectivity index (χ1v) is 6.27. The Morgan fingerprint density at radius 2 is 2.25 bits per heavy atom. The van der Waals surface area contributed by atoms with Crippen LogP contribution in [0.25, 0.3) is 5.65 Å². The number of piperidine rings is 1.